The molecule has 164 valence electrons. The van der Waals surface area contributed by atoms with Crippen molar-refractivity contribution in [3.05, 3.63) is 91.4 Å². The first-order valence-electron chi connectivity index (χ1n) is 10.8. The highest BCUT2D eigenvalue weighted by Crippen LogP contribution is 2.18. The van der Waals surface area contributed by atoms with E-state index in [0.717, 1.165) is 43.6 Å². The van der Waals surface area contributed by atoms with Gasteiger partial charge in [-0.05, 0) is 48.7 Å². The number of rotatable bonds is 3. The van der Waals surface area contributed by atoms with Crippen molar-refractivity contribution in [3.8, 4) is 17.5 Å². The molecule has 0 saturated carbocycles. The van der Waals surface area contributed by atoms with Gasteiger partial charge in [0.2, 0.25) is 0 Å². The number of benzene rings is 2. The van der Waals surface area contributed by atoms with E-state index in [0.29, 0.717) is 26.3 Å². The summed E-state index contributed by atoms with van der Waals surface area (Å²) in [6.45, 7) is 0.760. The third-order valence-electron chi connectivity index (χ3n) is 5.69. The Bertz CT molecular complexity index is 1520. The largest absolute Gasteiger partial charge is 0.508 e. The lowest BCUT2D eigenvalue weighted by Gasteiger charge is -2.07. The van der Waals surface area contributed by atoms with Crippen LogP contribution < -0.4 is 14.8 Å². The molecule has 1 aliphatic heterocycles. The van der Waals surface area contributed by atoms with Gasteiger partial charge in [0, 0.05) is 13.0 Å². The van der Waals surface area contributed by atoms with E-state index in [1.165, 1.54) is 11.3 Å². The first-order valence-corrected chi connectivity index (χ1v) is 11.6. The predicted molar refractivity (Wildman–Crippen MR) is 127 cm³/mol. The number of aromatic nitrogens is 4. The molecular weight excluding hydrogens is 434 g/mol. The molecule has 0 radical (unpaired) electrons. The second-order valence-corrected chi connectivity index (χ2v) is 8.90. The first kappa shape index (κ1) is 20.9. The number of nitrogens with zero attached hydrogens (tertiary/aromatic N) is 5. The minimum atomic E-state index is -0.211. The van der Waals surface area contributed by atoms with E-state index >= 15 is 0 Å². The summed E-state index contributed by atoms with van der Waals surface area (Å²) in [4.78, 5) is 13.5. The summed E-state index contributed by atoms with van der Waals surface area (Å²) >= 11 is 1.26. The minimum Gasteiger partial charge on any atom is -0.508 e. The maximum atomic E-state index is 13.5. The lowest BCUT2D eigenvalue weighted by molar-refractivity contribution is 0.475. The van der Waals surface area contributed by atoms with Gasteiger partial charge in [-0.2, -0.15) is 5.26 Å². The summed E-state index contributed by atoms with van der Waals surface area (Å²) in [6, 6.07) is 18.3. The van der Waals surface area contributed by atoms with Crippen LogP contribution in [0.25, 0.3) is 17.3 Å². The van der Waals surface area contributed by atoms with Gasteiger partial charge in [-0.3, -0.25) is 9.36 Å². The molecule has 0 amide bonds. The standard InChI is InChI=1S/C25H21N5O2S/c26-16-20(23-28-27-22-9-5-2-6-14-29(22)23)25-30(18-7-3-1-4-8-18)24(32)21(33-25)15-17-10-12-19(31)13-11-17/h1,3-4,7-8,10-13,15,31H,2,5-6,9,14H2. The third-order valence-corrected chi connectivity index (χ3v) is 6.78. The molecule has 1 N–H and O–H groups in total. The lowest BCUT2D eigenvalue weighted by atomic mass is 10.2. The van der Waals surface area contributed by atoms with Crippen LogP contribution in [0.5, 0.6) is 5.75 Å². The van der Waals surface area contributed by atoms with E-state index < -0.39 is 0 Å². The van der Waals surface area contributed by atoms with Gasteiger partial charge in [-0.25, -0.2) is 0 Å². The predicted octanol–water partition coefficient (Wildman–Crippen LogP) is 2.47. The molecule has 2 aromatic heterocycles. The minimum absolute atomic E-state index is 0.160. The van der Waals surface area contributed by atoms with Crippen molar-refractivity contribution in [3.63, 3.8) is 0 Å². The fourth-order valence-electron chi connectivity index (χ4n) is 4.05. The second-order valence-electron chi connectivity index (χ2n) is 7.87. The number of fused-ring (bicyclic) bond motifs is 1. The number of aryl methyl sites for hydroxylation is 1. The number of nitriles is 1. The quantitative estimate of drug-likeness (QED) is 0.512. The van der Waals surface area contributed by atoms with Crippen LogP contribution in [0.3, 0.4) is 0 Å². The molecule has 0 atom stereocenters. The molecule has 0 spiro atoms. The van der Waals surface area contributed by atoms with Crippen LogP contribution in [0, 0.1) is 11.3 Å². The molecule has 33 heavy (non-hydrogen) atoms. The molecule has 8 heteroatoms. The highest BCUT2D eigenvalue weighted by Gasteiger charge is 2.21. The van der Waals surface area contributed by atoms with Crippen LogP contribution in [0.2, 0.25) is 0 Å². The van der Waals surface area contributed by atoms with Crippen LogP contribution in [-0.4, -0.2) is 24.4 Å². The van der Waals surface area contributed by atoms with Crippen molar-refractivity contribution in [2.24, 2.45) is 0 Å². The number of thiazole rings is 1. The summed E-state index contributed by atoms with van der Waals surface area (Å²) in [5.41, 5.74) is 1.60. The maximum Gasteiger partial charge on any atom is 0.273 e. The average Bonchev–Trinajstić information content (AvgIpc) is 3.27. The van der Waals surface area contributed by atoms with Crippen LogP contribution >= 0.6 is 11.3 Å². The average molecular weight is 456 g/mol. The molecule has 0 saturated heterocycles. The molecule has 7 nitrogen and oxygen atoms in total. The van der Waals surface area contributed by atoms with Crippen molar-refractivity contribution >= 4 is 23.0 Å². The Kier molecular flexibility index (Phi) is 5.63. The zero-order chi connectivity index (χ0) is 22.8. The van der Waals surface area contributed by atoms with E-state index in [2.05, 4.69) is 16.3 Å². The van der Waals surface area contributed by atoms with Crippen molar-refractivity contribution in [1.82, 2.24) is 19.3 Å². The number of para-hydroxylation sites is 1. The summed E-state index contributed by atoms with van der Waals surface area (Å²) < 4.78 is 4.61. The fourth-order valence-corrected chi connectivity index (χ4v) is 5.15. The van der Waals surface area contributed by atoms with Gasteiger partial charge < -0.3 is 9.67 Å². The monoisotopic (exact) mass is 455 g/mol. The Morgan fingerprint density at radius 2 is 1.85 bits per heavy atom. The molecular formula is C25H21N5O2S. The van der Waals surface area contributed by atoms with Gasteiger partial charge in [0.25, 0.3) is 5.56 Å². The second kappa shape index (κ2) is 8.88. The van der Waals surface area contributed by atoms with Crippen molar-refractivity contribution in [2.75, 3.05) is 0 Å². The van der Waals surface area contributed by atoms with Gasteiger partial charge in [0.05, 0.1) is 10.2 Å². The number of hydrogen-bond donors (Lipinski definition) is 1. The van der Waals surface area contributed by atoms with Gasteiger partial charge in [-0.15, -0.1) is 21.5 Å². The number of phenolic OH excluding ortho intramolecular Hbond substituents is 1. The molecule has 0 aliphatic carbocycles. The first-order chi connectivity index (χ1) is 16.2. The van der Waals surface area contributed by atoms with E-state index in [1.807, 2.05) is 34.9 Å². The van der Waals surface area contributed by atoms with Crippen molar-refractivity contribution in [1.29, 1.82) is 5.26 Å². The van der Waals surface area contributed by atoms with Crippen LogP contribution in [-0.2, 0) is 13.0 Å². The lowest BCUT2D eigenvalue weighted by Crippen LogP contribution is -2.31. The Balaban J connectivity index is 1.82. The van der Waals surface area contributed by atoms with Gasteiger partial charge in [0.15, 0.2) is 5.82 Å². The Morgan fingerprint density at radius 1 is 1.06 bits per heavy atom. The fraction of sp³-hybridized carbons (Fsp3) is 0.200. The van der Waals surface area contributed by atoms with E-state index in [4.69, 9.17) is 0 Å². The Labute approximate surface area is 193 Å². The van der Waals surface area contributed by atoms with Crippen molar-refractivity contribution in [2.45, 2.75) is 32.2 Å². The summed E-state index contributed by atoms with van der Waals surface area (Å²) in [6.07, 6.45) is 5.78. The Hall–Kier alpha value is -3.96. The highest BCUT2D eigenvalue weighted by molar-refractivity contribution is 7.07. The topological polar surface area (TPSA) is 96.7 Å². The third kappa shape index (κ3) is 3.99. The summed E-state index contributed by atoms with van der Waals surface area (Å²) in [7, 11) is 0. The maximum absolute atomic E-state index is 13.5. The molecule has 2 aromatic carbocycles. The Morgan fingerprint density at radius 3 is 2.61 bits per heavy atom. The molecule has 4 aromatic rings. The van der Waals surface area contributed by atoms with Gasteiger partial charge in [0.1, 0.15) is 27.9 Å². The number of aromatic hydroxyl groups is 1. The molecule has 3 heterocycles. The number of phenols is 1. The summed E-state index contributed by atoms with van der Waals surface area (Å²) in [5.74, 6) is 1.56. The molecule has 1 aliphatic rings. The van der Waals surface area contributed by atoms with E-state index in [-0.39, 0.29) is 11.3 Å². The van der Waals surface area contributed by atoms with Crippen LogP contribution in [0.15, 0.2) is 59.4 Å². The van der Waals surface area contributed by atoms with Crippen molar-refractivity contribution < 1.29 is 5.11 Å². The number of hydrogen-bond acceptors (Lipinski definition) is 6. The van der Waals surface area contributed by atoms with E-state index in [1.54, 1.807) is 34.9 Å². The van der Waals surface area contributed by atoms with Crippen LogP contribution in [0.4, 0.5) is 0 Å². The molecule has 5 rings (SSSR count). The molecule has 0 bridgehead atoms. The smallest absolute Gasteiger partial charge is 0.273 e. The SMILES string of the molecule is N#CC(c1nnc2n1CCCCC2)=c1sc(=Cc2ccc(O)cc2)c(=O)n1-c1ccccc1. The van der Waals surface area contributed by atoms with Crippen LogP contribution in [0.1, 0.15) is 36.5 Å². The van der Waals surface area contributed by atoms with Gasteiger partial charge >= 0.3 is 0 Å². The highest BCUT2D eigenvalue weighted by atomic mass is 32.1. The zero-order valence-corrected chi connectivity index (χ0v) is 18.6. The molecule has 0 fully saturated rings. The van der Waals surface area contributed by atoms with Gasteiger partial charge in [-0.1, -0.05) is 36.8 Å². The summed E-state index contributed by atoms with van der Waals surface area (Å²) in [5, 5.41) is 28.5. The normalized spacial score (nSPS) is 14.9. The van der Waals surface area contributed by atoms with E-state index in [9.17, 15) is 15.2 Å². The zero-order valence-electron chi connectivity index (χ0n) is 17.8. The molecule has 0 unspecified atom stereocenters.